The Morgan fingerprint density at radius 1 is 0.818 bits per heavy atom. The second kappa shape index (κ2) is 3.81. The largest absolute Gasteiger partial charge is 0.474 e. The van der Waals surface area contributed by atoms with Crippen LogP contribution in [0, 0.1) is 0 Å². The van der Waals surface area contributed by atoms with Crippen LogP contribution >= 0.6 is 0 Å². The summed E-state index contributed by atoms with van der Waals surface area (Å²) < 4.78 is 61.9. The minimum Gasteiger partial charge on any atom is -0.239 e. The molecule has 0 unspecified atom stereocenters. The SMILES string of the molecule is FCC(F)(F)[I+]C(F)(F)CF. The molecule has 7 heteroatoms. The molecule has 0 spiro atoms. The molecule has 0 aliphatic rings. The summed E-state index contributed by atoms with van der Waals surface area (Å²) in [5.74, 6) is 0. The third kappa shape index (κ3) is 4.70. The van der Waals surface area contributed by atoms with Gasteiger partial charge in [-0.15, -0.1) is 0 Å². The summed E-state index contributed by atoms with van der Waals surface area (Å²) in [6.07, 6.45) is 0. The van der Waals surface area contributed by atoms with Gasteiger partial charge in [-0.25, -0.2) is 8.78 Å². The molecule has 0 aromatic carbocycles. The fourth-order valence-electron chi connectivity index (χ4n) is 0.253. The van der Waals surface area contributed by atoms with Crippen molar-refractivity contribution >= 4 is 0 Å². The first-order chi connectivity index (χ1) is 4.83. The van der Waals surface area contributed by atoms with Gasteiger partial charge in [-0.2, -0.15) is 17.6 Å². The summed E-state index contributed by atoms with van der Waals surface area (Å²) in [6, 6.07) is 0. The van der Waals surface area contributed by atoms with Gasteiger partial charge < -0.3 is 0 Å². The number of rotatable bonds is 4. The molecule has 0 fully saturated rings. The van der Waals surface area contributed by atoms with Crippen molar-refractivity contribution in [3.05, 3.63) is 0 Å². The summed E-state index contributed by atoms with van der Waals surface area (Å²) in [6.45, 7) is -4.29. The van der Waals surface area contributed by atoms with Gasteiger partial charge in [-0.3, -0.25) is 0 Å². The van der Waals surface area contributed by atoms with Gasteiger partial charge in [-0.1, -0.05) is 0 Å². The van der Waals surface area contributed by atoms with E-state index in [9.17, 15) is 26.3 Å². The van der Waals surface area contributed by atoms with Crippen molar-refractivity contribution in [2.75, 3.05) is 13.3 Å². The Balaban J connectivity index is 4.02. The molecule has 0 nitrogen and oxygen atoms in total. The predicted molar refractivity (Wildman–Crippen MR) is 21.8 cm³/mol. The molecule has 0 aromatic rings. The maximum atomic E-state index is 11.9. The van der Waals surface area contributed by atoms with E-state index < -0.39 is 42.4 Å². The molecule has 0 saturated carbocycles. The van der Waals surface area contributed by atoms with Crippen LogP contribution in [0.25, 0.3) is 0 Å². The van der Waals surface area contributed by atoms with Crippen LogP contribution in [0.3, 0.4) is 0 Å². The van der Waals surface area contributed by atoms with Crippen LogP contribution in [0.15, 0.2) is 0 Å². The van der Waals surface area contributed by atoms with E-state index in [1.165, 1.54) is 0 Å². The maximum Gasteiger partial charge on any atom is 0.474 e. The summed E-state index contributed by atoms with van der Waals surface area (Å²) in [5.41, 5.74) is 0. The third-order valence-corrected chi connectivity index (χ3v) is 2.73. The highest BCUT2D eigenvalue weighted by Gasteiger charge is 2.61. The molecule has 0 radical (unpaired) electrons. The second-order valence-electron chi connectivity index (χ2n) is 1.59. The summed E-state index contributed by atoms with van der Waals surface area (Å²) in [7, 11) is 0. The van der Waals surface area contributed by atoms with Crippen molar-refractivity contribution in [2.24, 2.45) is 0 Å². The standard InChI is InChI=1S/C4H4F6I/c5-1-3(7,8)11-4(9,10)2-6/h1-2H2/q+1. The Kier molecular flexibility index (Phi) is 3.92. The average molecular weight is 293 g/mol. The van der Waals surface area contributed by atoms with Crippen molar-refractivity contribution in [3.8, 4) is 0 Å². The minimum absolute atomic E-state index is 2.14. The molecule has 68 valence electrons. The number of hydrogen-bond acceptors (Lipinski definition) is 0. The zero-order chi connectivity index (χ0) is 9.12. The van der Waals surface area contributed by atoms with Gasteiger partial charge in [0.15, 0.2) is 0 Å². The fourth-order valence-corrected chi connectivity index (χ4v) is 1.70. The lowest BCUT2D eigenvalue weighted by atomic mass is 10.8. The predicted octanol–water partition coefficient (Wildman–Crippen LogP) is -0.800. The van der Waals surface area contributed by atoms with Gasteiger partial charge >= 0.3 is 29.1 Å². The molecule has 0 aliphatic heterocycles. The summed E-state index contributed by atoms with van der Waals surface area (Å²) in [4.78, 5) is 0. The lowest BCUT2D eigenvalue weighted by Gasteiger charge is -2.01. The van der Waals surface area contributed by atoms with Crippen molar-refractivity contribution in [2.45, 2.75) is 7.86 Å². The average Bonchev–Trinajstić information content (AvgIpc) is 1.86. The van der Waals surface area contributed by atoms with E-state index in [2.05, 4.69) is 0 Å². The molecule has 0 saturated heterocycles. The Hall–Kier alpha value is 0.310. The first-order valence-electron chi connectivity index (χ1n) is 2.38. The fraction of sp³-hybridized carbons (Fsp3) is 1.00. The van der Waals surface area contributed by atoms with E-state index in [1.54, 1.807) is 0 Å². The number of halogens is 7. The Labute approximate surface area is 69.2 Å². The highest BCUT2D eigenvalue weighted by Crippen LogP contribution is 2.05. The quantitative estimate of drug-likeness (QED) is 0.362. The second-order valence-corrected chi connectivity index (χ2v) is 5.29. The van der Waals surface area contributed by atoms with Crippen molar-refractivity contribution in [3.63, 3.8) is 0 Å². The van der Waals surface area contributed by atoms with E-state index >= 15 is 0 Å². The zero-order valence-corrected chi connectivity index (χ0v) is 7.22. The summed E-state index contributed by atoms with van der Waals surface area (Å²) in [5, 5.41) is 0. The Morgan fingerprint density at radius 3 is 1.27 bits per heavy atom. The van der Waals surface area contributed by atoms with Gasteiger partial charge in [0, 0.05) is 0 Å². The number of alkyl halides is 8. The van der Waals surface area contributed by atoms with E-state index in [1.807, 2.05) is 0 Å². The van der Waals surface area contributed by atoms with E-state index in [0.29, 0.717) is 0 Å². The molecular weight excluding hydrogens is 289 g/mol. The topological polar surface area (TPSA) is 0 Å². The van der Waals surface area contributed by atoms with Crippen LogP contribution in [0.2, 0.25) is 0 Å². The van der Waals surface area contributed by atoms with Crippen molar-refractivity contribution < 1.29 is 47.5 Å². The van der Waals surface area contributed by atoms with Crippen LogP contribution in [-0.2, 0) is 0 Å². The monoisotopic (exact) mass is 293 g/mol. The molecule has 0 rings (SSSR count). The third-order valence-electron chi connectivity index (χ3n) is 0.580. The molecule has 0 amide bonds. The highest BCUT2D eigenvalue weighted by molar-refractivity contribution is 4.48. The van der Waals surface area contributed by atoms with Gasteiger partial charge in [0.1, 0.15) is 0 Å². The molecular formula is C4H4F6I+. The Morgan fingerprint density at radius 2 is 1.09 bits per heavy atom. The van der Waals surface area contributed by atoms with Crippen molar-refractivity contribution in [1.82, 2.24) is 0 Å². The molecule has 0 N–H and O–H groups in total. The van der Waals surface area contributed by atoms with Crippen LogP contribution < -0.4 is 21.2 Å². The van der Waals surface area contributed by atoms with Crippen LogP contribution in [-0.4, -0.2) is 21.2 Å². The molecule has 11 heavy (non-hydrogen) atoms. The normalized spacial score (nSPS) is 13.6. The molecule has 0 atom stereocenters. The molecule has 0 aromatic heterocycles. The number of hydrogen-bond donors (Lipinski definition) is 0. The van der Waals surface area contributed by atoms with Gasteiger partial charge in [0.25, 0.3) is 0 Å². The van der Waals surface area contributed by atoms with E-state index in [-0.39, 0.29) is 0 Å². The van der Waals surface area contributed by atoms with E-state index in [4.69, 9.17) is 0 Å². The molecule has 0 aliphatic carbocycles. The first-order valence-corrected chi connectivity index (χ1v) is 4.53. The molecule has 0 heterocycles. The molecule has 0 bridgehead atoms. The Bertz CT molecular complexity index is 110. The van der Waals surface area contributed by atoms with Crippen LogP contribution in [0.1, 0.15) is 0 Å². The van der Waals surface area contributed by atoms with Gasteiger partial charge in [-0.05, 0) is 0 Å². The van der Waals surface area contributed by atoms with Crippen LogP contribution in [0.4, 0.5) is 26.3 Å². The zero-order valence-electron chi connectivity index (χ0n) is 5.06. The van der Waals surface area contributed by atoms with E-state index in [0.717, 1.165) is 0 Å². The van der Waals surface area contributed by atoms with Gasteiger partial charge in [0.2, 0.25) is 13.3 Å². The lowest BCUT2D eigenvalue weighted by molar-refractivity contribution is -0.875. The lowest BCUT2D eigenvalue weighted by Crippen LogP contribution is -3.73. The van der Waals surface area contributed by atoms with Crippen molar-refractivity contribution in [1.29, 1.82) is 0 Å². The highest BCUT2D eigenvalue weighted by atomic mass is 127. The first kappa shape index (κ1) is 11.3. The summed E-state index contributed by atoms with van der Waals surface area (Å²) >= 11 is -3.08. The maximum absolute atomic E-state index is 11.9. The van der Waals surface area contributed by atoms with Crippen LogP contribution in [0.5, 0.6) is 0 Å². The smallest absolute Gasteiger partial charge is 0.239 e. The minimum atomic E-state index is -4.02. The van der Waals surface area contributed by atoms with Gasteiger partial charge in [0.05, 0.1) is 0 Å².